The predicted molar refractivity (Wildman–Crippen MR) is 99.0 cm³/mol. The fourth-order valence-electron chi connectivity index (χ4n) is 2.46. The fourth-order valence-corrected chi connectivity index (χ4v) is 2.46. The largest absolute Gasteiger partial charge is 0.493 e. The molecule has 0 saturated heterocycles. The number of hydrogen-bond donors (Lipinski definition) is 2. The van der Waals surface area contributed by atoms with Crippen LogP contribution in [0.5, 0.6) is 11.5 Å². The molecule has 1 rings (SSSR count). The zero-order valence-electron chi connectivity index (χ0n) is 15.3. The second-order valence-electron chi connectivity index (χ2n) is 5.91. The van der Waals surface area contributed by atoms with Gasteiger partial charge >= 0.3 is 0 Å². The molecule has 0 aromatic heterocycles. The highest BCUT2D eigenvalue weighted by molar-refractivity contribution is 5.89. The van der Waals surface area contributed by atoms with Crippen LogP contribution in [0.1, 0.15) is 52.4 Å². The highest BCUT2D eigenvalue weighted by Gasteiger charge is 2.06. The number of hydrogen-bond acceptors (Lipinski definition) is 4. The van der Waals surface area contributed by atoms with Gasteiger partial charge in [-0.05, 0) is 25.1 Å². The molecular formula is C19H32N2O3. The normalized spacial score (nSPS) is 10.5. The van der Waals surface area contributed by atoms with E-state index in [1.807, 2.05) is 12.1 Å². The second-order valence-corrected chi connectivity index (χ2v) is 5.91. The Morgan fingerprint density at radius 2 is 1.79 bits per heavy atom. The number of carbonyl (C=O) groups is 1. The Hall–Kier alpha value is -1.75. The first-order valence-electron chi connectivity index (χ1n) is 8.96. The lowest BCUT2D eigenvalue weighted by Gasteiger charge is -2.13. The average Bonchev–Trinajstić information content (AvgIpc) is 2.57. The van der Waals surface area contributed by atoms with Gasteiger partial charge in [-0.25, -0.2) is 0 Å². The first-order valence-corrected chi connectivity index (χ1v) is 8.96. The maximum atomic E-state index is 11.1. The number of anilines is 1. The summed E-state index contributed by atoms with van der Waals surface area (Å²) >= 11 is 0. The summed E-state index contributed by atoms with van der Waals surface area (Å²) in [4.78, 5) is 11.1. The van der Waals surface area contributed by atoms with Crippen LogP contribution in [-0.4, -0.2) is 32.7 Å². The van der Waals surface area contributed by atoms with Crippen LogP contribution in [0.15, 0.2) is 18.2 Å². The molecule has 0 atom stereocenters. The van der Waals surface area contributed by atoms with Gasteiger partial charge in [-0.2, -0.15) is 0 Å². The standard InChI is InChI=1S/C19H32N2O3/c1-4-5-6-7-8-9-12-20-13-14-24-18-11-10-17(21-16(2)22)15-19(18)23-3/h10-11,15,20H,4-9,12-14H2,1-3H3,(H,21,22). The minimum absolute atomic E-state index is 0.107. The van der Waals surface area contributed by atoms with E-state index >= 15 is 0 Å². The third-order valence-corrected chi connectivity index (χ3v) is 3.73. The molecule has 1 aromatic rings. The highest BCUT2D eigenvalue weighted by atomic mass is 16.5. The molecule has 5 heteroatoms. The van der Waals surface area contributed by atoms with Crippen molar-refractivity contribution in [3.05, 3.63) is 18.2 Å². The molecule has 0 radical (unpaired) electrons. The Labute approximate surface area is 146 Å². The van der Waals surface area contributed by atoms with Gasteiger partial charge in [0.1, 0.15) is 6.61 Å². The van der Waals surface area contributed by atoms with Crippen molar-refractivity contribution in [2.75, 3.05) is 32.1 Å². The lowest BCUT2D eigenvalue weighted by molar-refractivity contribution is -0.114. The summed E-state index contributed by atoms with van der Waals surface area (Å²) in [6, 6.07) is 5.39. The SMILES string of the molecule is CCCCCCCCNCCOc1ccc(NC(C)=O)cc1OC. The van der Waals surface area contributed by atoms with Crippen LogP contribution >= 0.6 is 0 Å². The zero-order valence-corrected chi connectivity index (χ0v) is 15.3. The van der Waals surface area contributed by atoms with Crippen LogP contribution in [0.3, 0.4) is 0 Å². The van der Waals surface area contributed by atoms with Gasteiger partial charge in [0.15, 0.2) is 11.5 Å². The van der Waals surface area contributed by atoms with E-state index in [4.69, 9.17) is 9.47 Å². The van der Waals surface area contributed by atoms with Gasteiger partial charge in [0.05, 0.1) is 7.11 Å². The molecule has 1 aromatic carbocycles. The van der Waals surface area contributed by atoms with E-state index in [0.29, 0.717) is 23.8 Å². The summed E-state index contributed by atoms with van der Waals surface area (Å²) in [5.41, 5.74) is 0.702. The molecule has 0 saturated carbocycles. The molecule has 0 fully saturated rings. The lowest BCUT2D eigenvalue weighted by atomic mass is 10.1. The number of benzene rings is 1. The van der Waals surface area contributed by atoms with Crippen molar-refractivity contribution in [1.82, 2.24) is 5.32 Å². The van der Waals surface area contributed by atoms with E-state index in [2.05, 4.69) is 17.6 Å². The van der Waals surface area contributed by atoms with Crippen molar-refractivity contribution in [3.8, 4) is 11.5 Å². The van der Waals surface area contributed by atoms with E-state index in [0.717, 1.165) is 13.1 Å². The monoisotopic (exact) mass is 336 g/mol. The topological polar surface area (TPSA) is 59.6 Å². The number of carbonyl (C=O) groups excluding carboxylic acids is 1. The minimum atomic E-state index is -0.107. The number of amides is 1. The average molecular weight is 336 g/mol. The van der Waals surface area contributed by atoms with Gasteiger partial charge in [0, 0.05) is 25.2 Å². The minimum Gasteiger partial charge on any atom is -0.493 e. The third-order valence-electron chi connectivity index (χ3n) is 3.73. The Morgan fingerprint density at radius 3 is 2.50 bits per heavy atom. The van der Waals surface area contributed by atoms with Crippen molar-refractivity contribution < 1.29 is 14.3 Å². The maximum Gasteiger partial charge on any atom is 0.221 e. The van der Waals surface area contributed by atoms with Crippen LogP contribution in [0.25, 0.3) is 0 Å². The van der Waals surface area contributed by atoms with Gasteiger partial charge in [-0.15, -0.1) is 0 Å². The van der Waals surface area contributed by atoms with Crippen molar-refractivity contribution >= 4 is 11.6 Å². The zero-order chi connectivity index (χ0) is 17.6. The maximum absolute atomic E-state index is 11.1. The fraction of sp³-hybridized carbons (Fsp3) is 0.632. The van der Waals surface area contributed by atoms with Crippen LogP contribution in [-0.2, 0) is 4.79 Å². The summed E-state index contributed by atoms with van der Waals surface area (Å²) < 4.78 is 11.1. The summed E-state index contributed by atoms with van der Waals surface area (Å²) in [6.07, 6.45) is 7.86. The summed E-state index contributed by atoms with van der Waals surface area (Å²) in [5, 5.41) is 6.13. The molecule has 0 spiro atoms. The van der Waals surface area contributed by atoms with Gasteiger partial charge in [0.25, 0.3) is 0 Å². The van der Waals surface area contributed by atoms with E-state index < -0.39 is 0 Å². The molecule has 0 unspecified atom stereocenters. The molecular weight excluding hydrogens is 304 g/mol. The molecule has 24 heavy (non-hydrogen) atoms. The Balaban J connectivity index is 2.19. The first kappa shape index (κ1) is 20.3. The Kier molecular flexibility index (Phi) is 10.7. The van der Waals surface area contributed by atoms with E-state index in [-0.39, 0.29) is 5.91 Å². The molecule has 0 bridgehead atoms. The van der Waals surface area contributed by atoms with Crippen molar-refractivity contribution in [1.29, 1.82) is 0 Å². The van der Waals surface area contributed by atoms with Crippen LogP contribution in [0.2, 0.25) is 0 Å². The second kappa shape index (κ2) is 12.6. The molecule has 0 aliphatic rings. The molecule has 1 amide bonds. The van der Waals surface area contributed by atoms with Crippen LogP contribution in [0.4, 0.5) is 5.69 Å². The molecule has 0 aliphatic heterocycles. The summed E-state index contributed by atoms with van der Waals surface area (Å²) in [6.45, 7) is 6.15. The number of unbranched alkanes of at least 4 members (excludes halogenated alkanes) is 5. The lowest BCUT2D eigenvalue weighted by Crippen LogP contribution is -2.22. The highest BCUT2D eigenvalue weighted by Crippen LogP contribution is 2.30. The summed E-state index contributed by atoms with van der Waals surface area (Å²) in [5.74, 6) is 1.20. The quantitative estimate of drug-likeness (QED) is 0.535. The Morgan fingerprint density at radius 1 is 1.04 bits per heavy atom. The van der Waals surface area contributed by atoms with E-state index in [9.17, 15) is 4.79 Å². The van der Waals surface area contributed by atoms with Crippen LogP contribution < -0.4 is 20.1 Å². The van der Waals surface area contributed by atoms with E-state index in [1.165, 1.54) is 45.4 Å². The van der Waals surface area contributed by atoms with Crippen molar-refractivity contribution in [2.45, 2.75) is 52.4 Å². The smallest absolute Gasteiger partial charge is 0.221 e. The van der Waals surface area contributed by atoms with Crippen molar-refractivity contribution in [3.63, 3.8) is 0 Å². The number of rotatable bonds is 13. The molecule has 0 aliphatic carbocycles. The van der Waals surface area contributed by atoms with Gasteiger partial charge in [0.2, 0.25) is 5.91 Å². The molecule has 5 nitrogen and oxygen atoms in total. The van der Waals surface area contributed by atoms with Crippen molar-refractivity contribution in [2.24, 2.45) is 0 Å². The molecule has 136 valence electrons. The number of methoxy groups -OCH3 is 1. The third kappa shape index (κ3) is 8.77. The van der Waals surface area contributed by atoms with Gasteiger partial charge in [-0.1, -0.05) is 39.0 Å². The number of nitrogens with one attached hydrogen (secondary N) is 2. The van der Waals surface area contributed by atoms with Gasteiger partial charge in [-0.3, -0.25) is 4.79 Å². The van der Waals surface area contributed by atoms with Gasteiger partial charge < -0.3 is 20.1 Å². The first-order chi connectivity index (χ1) is 11.7. The van der Waals surface area contributed by atoms with Crippen LogP contribution in [0, 0.1) is 0 Å². The molecule has 0 heterocycles. The number of ether oxygens (including phenoxy) is 2. The molecule has 2 N–H and O–H groups in total. The predicted octanol–water partition coefficient (Wildman–Crippen LogP) is 3.98. The Bertz CT molecular complexity index is 478. The van der Waals surface area contributed by atoms with E-state index in [1.54, 1.807) is 13.2 Å². The summed E-state index contributed by atoms with van der Waals surface area (Å²) in [7, 11) is 1.59.